The second-order valence-electron chi connectivity index (χ2n) is 9.34. The highest BCUT2D eigenvalue weighted by Crippen LogP contribution is 2.42. The van der Waals surface area contributed by atoms with Crippen LogP contribution in [0.4, 0.5) is 5.69 Å². The first-order chi connectivity index (χ1) is 17.8. The van der Waals surface area contributed by atoms with Gasteiger partial charge in [0.1, 0.15) is 12.5 Å². The van der Waals surface area contributed by atoms with Crippen LogP contribution in [0.25, 0.3) is 5.76 Å². The Kier molecular flexibility index (Phi) is 12.2. The number of nitrogens with zero attached hydrogens (tertiary/aromatic N) is 3. The van der Waals surface area contributed by atoms with E-state index >= 15 is 0 Å². The normalized spacial score (nSPS) is 16.6. The summed E-state index contributed by atoms with van der Waals surface area (Å²) in [5.41, 5.74) is 1.10. The van der Waals surface area contributed by atoms with Crippen LogP contribution < -0.4 is 0 Å². The smallest absolute Gasteiger partial charge is 0.295 e. The number of benzene rings is 2. The fourth-order valence-corrected chi connectivity index (χ4v) is 4.97. The topological polar surface area (TPSA) is 118 Å². The molecule has 3 rings (SSSR count). The zero-order valence-corrected chi connectivity index (χ0v) is 23.7. The van der Waals surface area contributed by atoms with E-state index in [0.29, 0.717) is 28.8 Å². The number of likely N-dealkylation sites (tertiary alicyclic amines) is 1. The Morgan fingerprint density at radius 3 is 2.18 bits per heavy atom. The van der Waals surface area contributed by atoms with Crippen LogP contribution in [0.2, 0.25) is 0 Å². The molecule has 1 aliphatic rings. The van der Waals surface area contributed by atoms with Gasteiger partial charge >= 0.3 is 0 Å². The minimum atomic E-state index is -0.891. The fraction of sp³-hybridized carbons (Fsp3) is 0.414. The van der Waals surface area contributed by atoms with Crippen molar-refractivity contribution in [2.45, 2.75) is 52.0 Å². The molecule has 0 aromatic heterocycles. The number of hydrogen-bond donors (Lipinski definition) is 1. The van der Waals surface area contributed by atoms with E-state index in [1.807, 2.05) is 0 Å². The summed E-state index contributed by atoms with van der Waals surface area (Å²) in [6.45, 7) is 10.9. The average Bonchev–Trinajstić information content (AvgIpc) is 3.14. The number of aliphatic hydroxyl groups is 1. The largest absolute Gasteiger partial charge is 0.619 e. The van der Waals surface area contributed by atoms with Crippen LogP contribution in [0.15, 0.2) is 58.6 Å². The molecule has 3 N–H and O–H groups in total. The van der Waals surface area contributed by atoms with Gasteiger partial charge in [0.25, 0.3) is 11.7 Å². The SMILES string of the molecule is C=[N+]([O-])c1ccccc1C1/C(=C(/O)c2ccc(Br)cc2)C(=O)C(=O)N1CCCN(CCCC)CCCC.O. The molecule has 1 saturated heterocycles. The number of aliphatic hydroxyl groups excluding tert-OH is 1. The minimum absolute atomic E-state index is 0. The van der Waals surface area contributed by atoms with Gasteiger partial charge in [0, 0.05) is 22.6 Å². The van der Waals surface area contributed by atoms with Crippen molar-refractivity contribution in [3.63, 3.8) is 0 Å². The van der Waals surface area contributed by atoms with Crippen LogP contribution >= 0.6 is 15.9 Å². The van der Waals surface area contributed by atoms with E-state index in [-0.39, 0.29) is 22.5 Å². The summed E-state index contributed by atoms with van der Waals surface area (Å²) >= 11 is 3.38. The minimum Gasteiger partial charge on any atom is -0.619 e. The van der Waals surface area contributed by atoms with Crippen LogP contribution in [0.3, 0.4) is 0 Å². The predicted molar refractivity (Wildman–Crippen MR) is 154 cm³/mol. The molecule has 1 aliphatic heterocycles. The average molecular weight is 589 g/mol. The van der Waals surface area contributed by atoms with Crippen molar-refractivity contribution in [1.82, 2.24) is 9.80 Å². The highest BCUT2D eigenvalue weighted by atomic mass is 79.9. The third-order valence-electron chi connectivity index (χ3n) is 6.69. The van der Waals surface area contributed by atoms with E-state index < -0.39 is 17.7 Å². The van der Waals surface area contributed by atoms with Crippen LogP contribution in [0.5, 0.6) is 0 Å². The highest BCUT2D eigenvalue weighted by molar-refractivity contribution is 9.10. The Balaban J connectivity index is 0.00000507. The summed E-state index contributed by atoms with van der Waals surface area (Å²) in [6, 6.07) is 12.7. The molecule has 1 atom stereocenters. The molecule has 206 valence electrons. The molecule has 0 bridgehead atoms. The number of ketones is 1. The summed E-state index contributed by atoms with van der Waals surface area (Å²) < 4.78 is 1.30. The molecular formula is C29H38BrN3O5. The van der Waals surface area contributed by atoms with E-state index in [2.05, 4.69) is 41.4 Å². The van der Waals surface area contributed by atoms with Crippen molar-refractivity contribution in [2.24, 2.45) is 0 Å². The highest BCUT2D eigenvalue weighted by Gasteiger charge is 2.47. The number of hydrogen-bond acceptors (Lipinski definition) is 5. The zero-order valence-electron chi connectivity index (χ0n) is 22.2. The van der Waals surface area contributed by atoms with Crippen LogP contribution in [-0.2, 0) is 9.59 Å². The zero-order chi connectivity index (χ0) is 26.9. The van der Waals surface area contributed by atoms with Crippen molar-refractivity contribution >= 4 is 45.8 Å². The van der Waals surface area contributed by atoms with Gasteiger partial charge in [-0.15, -0.1) is 0 Å². The molecule has 2 aromatic carbocycles. The van der Waals surface area contributed by atoms with E-state index in [1.165, 1.54) is 4.90 Å². The number of carbonyl (C=O) groups excluding carboxylic acids is 2. The van der Waals surface area contributed by atoms with Crippen molar-refractivity contribution in [1.29, 1.82) is 0 Å². The summed E-state index contributed by atoms with van der Waals surface area (Å²) in [7, 11) is 0. The van der Waals surface area contributed by atoms with Gasteiger partial charge in [0.15, 0.2) is 0 Å². The first kappa shape index (κ1) is 31.2. The Hall–Kier alpha value is -3.01. The van der Waals surface area contributed by atoms with E-state index in [0.717, 1.165) is 49.8 Å². The van der Waals surface area contributed by atoms with Gasteiger partial charge in [-0.05, 0) is 57.1 Å². The molecule has 1 fully saturated rings. The maximum atomic E-state index is 13.3. The van der Waals surface area contributed by atoms with Crippen molar-refractivity contribution in [2.75, 3.05) is 26.2 Å². The molecule has 0 aliphatic carbocycles. The monoisotopic (exact) mass is 587 g/mol. The molecule has 1 amide bonds. The van der Waals surface area contributed by atoms with E-state index in [9.17, 15) is 19.9 Å². The lowest BCUT2D eigenvalue weighted by molar-refractivity contribution is -0.350. The van der Waals surface area contributed by atoms with Crippen LogP contribution in [0.1, 0.15) is 63.1 Å². The standard InChI is InChI=1S/C29H36BrN3O4.H2O/c1-4-6-17-32(18-7-5-2)19-10-20-33-26(23-11-8-9-12-24(23)31(3)37)25(28(35)29(33)36)27(34)21-13-15-22(30)16-14-21;/h8-9,11-16,26,34H,3-7,10,17-20H2,1-2H3;1H2/b27-25-;. The van der Waals surface area contributed by atoms with Crippen LogP contribution in [-0.4, -0.2) is 69.7 Å². The molecular weight excluding hydrogens is 550 g/mol. The quantitative estimate of drug-likeness (QED) is 0.0658. The lowest BCUT2D eigenvalue weighted by atomic mass is 9.94. The maximum absolute atomic E-state index is 13.3. The number of para-hydroxylation sites is 1. The lowest BCUT2D eigenvalue weighted by Crippen LogP contribution is -2.34. The number of amides is 1. The molecule has 0 spiro atoms. The van der Waals surface area contributed by atoms with Gasteiger partial charge in [0.2, 0.25) is 5.69 Å². The van der Waals surface area contributed by atoms with Gasteiger partial charge in [-0.2, -0.15) is 4.74 Å². The Morgan fingerprint density at radius 2 is 1.61 bits per heavy atom. The van der Waals surface area contributed by atoms with Crippen molar-refractivity contribution in [3.8, 4) is 0 Å². The molecule has 1 unspecified atom stereocenters. The third kappa shape index (κ3) is 7.30. The van der Waals surface area contributed by atoms with E-state index in [1.54, 1.807) is 48.5 Å². The van der Waals surface area contributed by atoms with Gasteiger partial charge in [0.05, 0.1) is 17.2 Å². The molecule has 2 aromatic rings. The summed E-state index contributed by atoms with van der Waals surface area (Å²) in [5, 5.41) is 23.5. The summed E-state index contributed by atoms with van der Waals surface area (Å²) in [5.74, 6) is -1.69. The molecule has 1 heterocycles. The molecule has 0 radical (unpaired) electrons. The van der Waals surface area contributed by atoms with Crippen molar-refractivity contribution < 1.29 is 24.9 Å². The fourth-order valence-electron chi connectivity index (χ4n) is 4.71. The lowest BCUT2D eigenvalue weighted by Gasteiger charge is -2.28. The maximum Gasteiger partial charge on any atom is 0.295 e. The first-order valence-electron chi connectivity index (χ1n) is 12.9. The van der Waals surface area contributed by atoms with Gasteiger partial charge in [-0.1, -0.05) is 66.9 Å². The van der Waals surface area contributed by atoms with Gasteiger partial charge < -0.3 is 25.6 Å². The second-order valence-corrected chi connectivity index (χ2v) is 10.3. The Bertz CT molecular complexity index is 1140. The first-order valence-corrected chi connectivity index (χ1v) is 13.7. The Morgan fingerprint density at radius 1 is 1.03 bits per heavy atom. The second kappa shape index (κ2) is 14.8. The molecule has 9 heteroatoms. The number of halogens is 1. The number of rotatable bonds is 13. The van der Waals surface area contributed by atoms with Crippen LogP contribution in [0, 0.1) is 5.21 Å². The predicted octanol–water partition coefficient (Wildman–Crippen LogP) is 5.18. The molecule has 0 saturated carbocycles. The van der Waals surface area contributed by atoms with Crippen molar-refractivity contribution in [3.05, 3.63) is 74.9 Å². The summed E-state index contributed by atoms with van der Waals surface area (Å²) in [6.07, 6.45) is 5.11. The number of unbranched alkanes of at least 4 members (excludes halogenated alkanes) is 2. The van der Waals surface area contributed by atoms with Gasteiger partial charge in [-0.25, -0.2) is 0 Å². The van der Waals surface area contributed by atoms with Gasteiger partial charge in [-0.3, -0.25) is 9.59 Å². The Labute approximate surface area is 233 Å². The third-order valence-corrected chi connectivity index (χ3v) is 7.22. The van der Waals surface area contributed by atoms with E-state index in [4.69, 9.17) is 0 Å². The molecule has 8 nitrogen and oxygen atoms in total. The number of carbonyl (C=O) groups is 2. The number of Topliss-reactive ketones (excluding diaryl/α,β-unsaturated/α-hetero) is 1. The molecule has 38 heavy (non-hydrogen) atoms. The summed E-state index contributed by atoms with van der Waals surface area (Å²) in [4.78, 5) is 30.5.